The number of nitrogens with one attached hydrogen (secondary N) is 2. The van der Waals surface area contributed by atoms with Gasteiger partial charge < -0.3 is 10.6 Å². The maximum atomic E-state index is 12.9. The second-order valence-corrected chi connectivity index (χ2v) is 10.3. The number of benzene rings is 2. The fourth-order valence-corrected chi connectivity index (χ4v) is 5.26. The number of hydrogen-bond donors (Lipinski definition) is 2. The van der Waals surface area contributed by atoms with E-state index in [0.717, 1.165) is 29.0 Å². The first kappa shape index (κ1) is 25.6. The van der Waals surface area contributed by atoms with Crippen LogP contribution < -0.4 is 10.6 Å². The smallest absolute Gasteiger partial charge is 0.239 e. The average Bonchev–Trinajstić information content (AvgIpc) is 3.24. The number of amides is 2. The molecular weight excluding hydrogens is 497 g/mol. The minimum Gasteiger partial charge on any atom is -0.326 e. The highest BCUT2D eigenvalue weighted by atomic mass is 35.5. The number of nitrogens with zero attached hydrogens (tertiary/aromatic N) is 1. The van der Waals surface area contributed by atoms with Crippen molar-refractivity contribution in [3.63, 3.8) is 0 Å². The van der Waals surface area contributed by atoms with Gasteiger partial charge in [0, 0.05) is 33.0 Å². The van der Waals surface area contributed by atoms with Crippen molar-refractivity contribution in [3.05, 3.63) is 57.9 Å². The van der Waals surface area contributed by atoms with Crippen LogP contribution in [0.3, 0.4) is 0 Å². The molecule has 2 amide bonds. The molecule has 174 valence electrons. The van der Waals surface area contributed by atoms with Crippen LogP contribution in [0.25, 0.3) is 11.3 Å². The van der Waals surface area contributed by atoms with Gasteiger partial charge in [0.1, 0.15) is 0 Å². The van der Waals surface area contributed by atoms with Crippen LogP contribution in [0.15, 0.2) is 52.7 Å². The van der Waals surface area contributed by atoms with Crippen molar-refractivity contribution in [1.82, 2.24) is 4.98 Å². The van der Waals surface area contributed by atoms with E-state index >= 15 is 0 Å². The Balaban J connectivity index is 1.63. The van der Waals surface area contributed by atoms with Crippen LogP contribution >= 0.6 is 46.3 Å². The standard InChI is InChI=1S/C24H25Cl2N3O2S2/c1-3-5-9-22(30)27-16-7-6-8-17(13-16)33-21(4-2)23(31)29-24-28-20(14-32-24)18-11-10-15(25)12-19(18)26/h6-8,10-14,21H,3-5,9H2,1-2H3,(H,27,30)(H,28,29,31). The minimum absolute atomic E-state index is 0.00384. The summed E-state index contributed by atoms with van der Waals surface area (Å²) in [5.41, 5.74) is 2.18. The summed E-state index contributed by atoms with van der Waals surface area (Å²) in [7, 11) is 0. The average molecular weight is 523 g/mol. The van der Waals surface area contributed by atoms with E-state index in [1.807, 2.05) is 42.6 Å². The van der Waals surface area contributed by atoms with Gasteiger partial charge in [-0.2, -0.15) is 0 Å². The molecule has 0 bridgehead atoms. The molecule has 33 heavy (non-hydrogen) atoms. The predicted octanol–water partition coefficient (Wildman–Crippen LogP) is 7.76. The Kier molecular flexibility index (Phi) is 9.62. The highest BCUT2D eigenvalue weighted by Crippen LogP contribution is 2.33. The molecule has 0 saturated heterocycles. The SMILES string of the molecule is CCCCC(=O)Nc1cccc(SC(CC)C(=O)Nc2nc(-c3ccc(Cl)cc3Cl)cs2)c1. The molecule has 1 unspecified atom stereocenters. The molecule has 0 spiro atoms. The van der Waals surface area contributed by atoms with Crippen molar-refractivity contribution in [3.8, 4) is 11.3 Å². The van der Waals surface area contributed by atoms with Crippen molar-refractivity contribution in [2.75, 3.05) is 10.6 Å². The molecule has 3 aromatic rings. The topological polar surface area (TPSA) is 71.1 Å². The first-order valence-electron chi connectivity index (χ1n) is 10.7. The fraction of sp³-hybridized carbons (Fsp3) is 0.292. The molecule has 5 nitrogen and oxygen atoms in total. The second kappa shape index (κ2) is 12.4. The number of carbonyl (C=O) groups is 2. The normalized spacial score (nSPS) is 11.8. The first-order chi connectivity index (χ1) is 15.9. The number of halogens is 2. The summed E-state index contributed by atoms with van der Waals surface area (Å²) in [6.07, 6.45) is 2.99. The lowest BCUT2D eigenvalue weighted by Gasteiger charge is -2.14. The zero-order valence-electron chi connectivity index (χ0n) is 18.4. The van der Waals surface area contributed by atoms with E-state index in [1.54, 1.807) is 12.1 Å². The lowest BCUT2D eigenvalue weighted by atomic mass is 10.2. The quantitative estimate of drug-likeness (QED) is 0.267. The number of carbonyl (C=O) groups excluding carboxylic acids is 2. The van der Waals surface area contributed by atoms with E-state index in [1.165, 1.54) is 23.1 Å². The van der Waals surface area contributed by atoms with Crippen LogP contribution in [0, 0.1) is 0 Å². The summed E-state index contributed by atoms with van der Waals surface area (Å²) >= 11 is 15.0. The van der Waals surface area contributed by atoms with Gasteiger partial charge in [-0.3, -0.25) is 9.59 Å². The van der Waals surface area contributed by atoms with Gasteiger partial charge in [-0.1, -0.05) is 49.5 Å². The van der Waals surface area contributed by atoms with Crippen LogP contribution in [0.2, 0.25) is 10.0 Å². The lowest BCUT2D eigenvalue weighted by molar-refractivity contribution is -0.116. The van der Waals surface area contributed by atoms with Crippen LogP contribution in [-0.4, -0.2) is 22.0 Å². The molecule has 0 radical (unpaired) electrons. The molecule has 2 aromatic carbocycles. The van der Waals surface area contributed by atoms with Crippen molar-refractivity contribution >= 4 is 68.9 Å². The monoisotopic (exact) mass is 521 g/mol. The molecule has 0 fully saturated rings. The Labute approximate surface area is 212 Å². The summed E-state index contributed by atoms with van der Waals surface area (Å²) in [5, 5.41) is 8.96. The lowest BCUT2D eigenvalue weighted by Crippen LogP contribution is -2.24. The van der Waals surface area contributed by atoms with E-state index in [-0.39, 0.29) is 17.1 Å². The van der Waals surface area contributed by atoms with Gasteiger partial charge in [-0.15, -0.1) is 23.1 Å². The molecule has 1 heterocycles. The first-order valence-corrected chi connectivity index (χ1v) is 13.2. The van der Waals surface area contributed by atoms with E-state index in [0.29, 0.717) is 33.7 Å². The molecular formula is C24H25Cl2N3O2S2. The number of thioether (sulfide) groups is 1. The third-order valence-corrected chi connectivity index (χ3v) is 7.42. The number of thiazole rings is 1. The van der Waals surface area contributed by atoms with Crippen LogP contribution in [-0.2, 0) is 9.59 Å². The number of rotatable bonds is 10. The summed E-state index contributed by atoms with van der Waals surface area (Å²) < 4.78 is 0. The molecule has 1 atom stereocenters. The number of aromatic nitrogens is 1. The second-order valence-electron chi connectivity index (χ2n) is 7.35. The summed E-state index contributed by atoms with van der Waals surface area (Å²) in [4.78, 5) is 30.3. The summed E-state index contributed by atoms with van der Waals surface area (Å²) in [5.74, 6) is -0.118. The molecule has 0 aliphatic rings. The van der Waals surface area contributed by atoms with Crippen LogP contribution in [0.5, 0.6) is 0 Å². The Morgan fingerprint density at radius 1 is 1.12 bits per heavy atom. The summed E-state index contributed by atoms with van der Waals surface area (Å²) in [6.45, 7) is 4.02. The van der Waals surface area contributed by atoms with Crippen LogP contribution in [0.1, 0.15) is 39.5 Å². The fourth-order valence-electron chi connectivity index (χ4n) is 3.03. The largest absolute Gasteiger partial charge is 0.326 e. The van der Waals surface area contributed by atoms with Crippen molar-refractivity contribution in [2.24, 2.45) is 0 Å². The zero-order chi connectivity index (χ0) is 23.8. The third kappa shape index (κ3) is 7.47. The van der Waals surface area contributed by atoms with E-state index in [4.69, 9.17) is 23.2 Å². The van der Waals surface area contributed by atoms with Gasteiger partial charge in [-0.25, -0.2) is 4.98 Å². The Hall–Kier alpha value is -2.06. The highest BCUT2D eigenvalue weighted by Gasteiger charge is 2.20. The van der Waals surface area contributed by atoms with Crippen molar-refractivity contribution in [1.29, 1.82) is 0 Å². The molecule has 0 aliphatic heterocycles. The van der Waals surface area contributed by atoms with Crippen molar-refractivity contribution in [2.45, 2.75) is 49.7 Å². The van der Waals surface area contributed by atoms with Gasteiger partial charge in [-0.05, 0) is 49.2 Å². The molecule has 9 heteroatoms. The Morgan fingerprint density at radius 2 is 1.94 bits per heavy atom. The van der Waals surface area contributed by atoms with E-state index in [9.17, 15) is 9.59 Å². The Morgan fingerprint density at radius 3 is 2.67 bits per heavy atom. The van der Waals surface area contributed by atoms with Gasteiger partial charge in [0.2, 0.25) is 11.8 Å². The van der Waals surface area contributed by atoms with Gasteiger partial charge in [0.15, 0.2) is 5.13 Å². The predicted molar refractivity (Wildman–Crippen MR) is 141 cm³/mol. The molecule has 0 saturated carbocycles. The number of unbranched alkanes of at least 4 members (excludes halogenated alkanes) is 1. The molecule has 0 aliphatic carbocycles. The van der Waals surface area contributed by atoms with Crippen molar-refractivity contribution < 1.29 is 9.59 Å². The van der Waals surface area contributed by atoms with Gasteiger partial charge in [0.25, 0.3) is 0 Å². The summed E-state index contributed by atoms with van der Waals surface area (Å²) in [6, 6.07) is 12.8. The van der Waals surface area contributed by atoms with E-state index in [2.05, 4.69) is 22.5 Å². The molecule has 3 rings (SSSR count). The van der Waals surface area contributed by atoms with E-state index < -0.39 is 0 Å². The maximum absolute atomic E-state index is 12.9. The molecule has 2 N–H and O–H groups in total. The minimum atomic E-state index is -0.303. The maximum Gasteiger partial charge on any atom is 0.239 e. The third-order valence-electron chi connectivity index (χ3n) is 4.76. The van der Waals surface area contributed by atoms with Gasteiger partial charge >= 0.3 is 0 Å². The van der Waals surface area contributed by atoms with Crippen LogP contribution in [0.4, 0.5) is 10.8 Å². The Bertz CT molecular complexity index is 1120. The van der Waals surface area contributed by atoms with Gasteiger partial charge in [0.05, 0.1) is 16.0 Å². The number of hydrogen-bond acceptors (Lipinski definition) is 5. The number of anilines is 2. The molecule has 1 aromatic heterocycles. The highest BCUT2D eigenvalue weighted by molar-refractivity contribution is 8.00. The zero-order valence-corrected chi connectivity index (χ0v) is 21.5.